The Labute approximate surface area is 83.7 Å². The molecule has 5 nitrogen and oxygen atoms in total. The van der Waals surface area contributed by atoms with Gasteiger partial charge in [-0.15, -0.1) is 5.10 Å². The lowest BCUT2D eigenvalue weighted by Gasteiger charge is -2.27. The standard InChI is InChI=1S/C8H9F2N3O2/c9-5-6(8(14)12-11-7(5)10)13-1-3-15-4-2-13/h1-4H2,(H,12,14). The van der Waals surface area contributed by atoms with Crippen LogP contribution >= 0.6 is 0 Å². The van der Waals surface area contributed by atoms with Crippen molar-refractivity contribution in [3.05, 3.63) is 22.1 Å². The van der Waals surface area contributed by atoms with Gasteiger partial charge in [-0.05, 0) is 0 Å². The van der Waals surface area contributed by atoms with Crippen LogP contribution in [0.2, 0.25) is 0 Å². The summed E-state index contributed by atoms with van der Waals surface area (Å²) in [5, 5.41) is 4.80. The minimum atomic E-state index is -1.30. The molecule has 1 aliphatic rings. The molecule has 0 unspecified atom stereocenters. The van der Waals surface area contributed by atoms with Crippen molar-refractivity contribution in [2.24, 2.45) is 0 Å². The Morgan fingerprint density at radius 1 is 1.33 bits per heavy atom. The number of nitrogens with zero attached hydrogens (tertiary/aromatic N) is 2. The number of nitrogens with one attached hydrogen (secondary N) is 1. The summed E-state index contributed by atoms with van der Waals surface area (Å²) < 4.78 is 31.2. The summed E-state index contributed by atoms with van der Waals surface area (Å²) in [6.07, 6.45) is 0. The van der Waals surface area contributed by atoms with E-state index < -0.39 is 17.3 Å². The number of ether oxygens (including phenoxy) is 1. The van der Waals surface area contributed by atoms with Gasteiger partial charge in [-0.1, -0.05) is 0 Å². The second-order valence-corrected chi connectivity index (χ2v) is 3.11. The zero-order valence-electron chi connectivity index (χ0n) is 7.80. The van der Waals surface area contributed by atoms with Gasteiger partial charge in [-0.25, -0.2) is 5.10 Å². The molecule has 1 saturated heterocycles. The Bertz CT molecular complexity index is 415. The van der Waals surface area contributed by atoms with Gasteiger partial charge in [0, 0.05) is 13.1 Å². The van der Waals surface area contributed by atoms with E-state index in [1.54, 1.807) is 0 Å². The van der Waals surface area contributed by atoms with E-state index in [4.69, 9.17) is 4.74 Å². The molecule has 0 aromatic carbocycles. The van der Waals surface area contributed by atoms with Crippen molar-refractivity contribution < 1.29 is 13.5 Å². The molecule has 1 aliphatic heterocycles. The quantitative estimate of drug-likeness (QED) is 0.712. The van der Waals surface area contributed by atoms with Crippen LogP contribution in [0.1, 0.15) is 0 Å². The number of hydrogen-bond acceptors (Lipinski definition) is 4. The van der Waals surface area contributed by atoms with Gasteiger partial charge < -0.3 is 9.64 Å². The number of morpholine rings is 1. The molecule has 15 heavy (non-hydrogen) atoms. The molecule has 2 rings (SSSR count). The third-order valence-electron chi connectivity index (χ3n) is 2.19. The molecule has 0 amide bonds. The van der Waals surface area contributed by atoms with Crippen LogP contribution in [0.5, 0.6) is 0 Å². The van der Waals surface area contributed by atoms with E-state index >= 15 is 0 Å². The van der Waals surface area contributed by atoms with Crippen LogP contribution in [0.25, 0.3) is 0 Å². The fraction of sp³-hybridized carbons (Fsp3) is 0.500. The van der Waals surface area contributed by atoms with Crippen LogP contribution in [0.4, 0.5) is 14.5 Å². The monoisotopic (exact) mass is 217 g/mol. The molecule has 7 heteroatoms. The van der Waals surface area contributed by atoms with Crippen LogP contribution in [0.3, 0.4) is 0 Å². The minimum absolute atomic E-state index is 0.300. The highest BCUT2D eigenvalue weighted by Crippen LogP contribution is 2.15. The van der Waals surface area contributed by atoms with E-state index in [-0.39, 0.29) is 5.69 Å². The Morgan fingerprint density at radius 2 is 2.00 bits per heavy atom. The molecule has 0 atom stereocenters. The Balaban J connectivity index is 2.41. The van der Waals surface area contributed by atoms with E-state index in [9.17, 15) is 13.6 Å². The van der Waals surface area contributed by atoms with Crippen molar-refractivity contribution in [2.45, 2.75) is 0 Å². The second kappa shape index (κ2) is 3.93. The minimum Gasteiger partial charge on any atom is -0.378 e. The highest BCUT2D eigenvalue weighted by molar-refractivity contribution is 5.45. The summed E-state index contributed by atoms with van der Waals surface area (Å²) in [5.41, 5.74) is -1.03. The molecule has 1 fully saturated rings. The number of halogens is 2. The van der Waals surface area contributed by atoms with Crippen LogP contribution in [0.15, 0.2) is 4.79 Å². The van der Waals surface area contributed by atoms with E-state index in [0.717, 1.165) is 0 Å². The first kappa shape index (κ1) is 10.0. The lowest BCUT2D eigenvalue weighted by molar-refractivity contribution is 0.122. The lowest BCUT2D eigenvalue weighted by Crippen LogP contribution is -2.40. The Hall–Kier alpha value is -1.50. The summed E-state index contributed by atoms with van der Waals surface area (Å²) in [7, 11) is 0. The average molecular weight is 217 g/mol. The molecule has 0 saturated carbocycles. The largest absolute Gasteiger partial charge is 0.378 e. The lowest BCUT2D eigenvalue weighted by atomic mass is 10.3. The van der Waals surface area contributed by atoms with Crippen LogP contribution in [-0.2, 0) is 4.74 Å². The first-order valence-electron chi connectivity index (χ1n) is 4.46. The Kier molecular flexibility index (Phi) is 2.63. The highest BCUT2D eigenvalue weighted by atomic mass is 19.2. The summed E-state index contributed by atoms with van der Waals surface area (Å²) in [5.74, 6) is -2.50. The maximum absolute atomic E-state index is 13.3. The molecule has 82 valence electrons. The zero-order chi connectivity index (χ0) is 10.8. The van der Waals surface area contributed by atoms with Crippen LogP contribution in [0, 0.1) is 11.8 Å². The first-order chi connectivity index (χ1) is 7.20. The number of anilines is 1. The fourth-order valence-electron chi connectivity index (χ4n) is 1.47. The highest BCUT2D eigenvalue weighted by Gasteiger charge is 2.21. The van der Waals surface area contributed by atoms with Crippen molar-refractivity contribution in [2.75, 3.05) is 31.2 Å². The number of aromatic amines is 1. The smallest absolute Gasteiger partial charge is 0.290 e. The molecule has 0 spiro atoms. The Morgan fingerprint density at radius 3 is 2.67 bits per heavy atom. The summed E-state index contributed by atoms with van der Waals surface area (Å²) in [4.78, 5) is 12.7. The van der Waals surface area contributed by atoms with Gasteiger partial charge >= 0.3 is 0 Å². The normalized spacial score (nSPS) is 16.8. The van der Waals surface area contributed by atoms with E-state index in [1.807, 2.05) is 5.10 Å². The third-order valence-corrected chi connectivity index (χ3v) is 2.19. The molecule has 1 N–H and O–H groups in total. The molecule has 0 radical (unpaired) electrons. The summed E-state index contributed by atoms with van der Waals surface area (Å²) in [6.45, 7) is 1.51. The van der Waals surface area contributed by atoms with Gasteiger partial charge in [0.25, 0.3) is 11.5 Å². The molecule has 1 aromatic heterocycles. The van der Waals surface area contributed by atoms with Gasteiger partial charge in [-0.3, -0.25) is 4.79 Å². The molecule has 0 aliphatic carbocycles. The number of hydrogen-bond donors (Lipinski definition) is 1. The van der Waals surface area contributed by atoms with Gasteiger partial charge in [0.2, 0.25) is 5.82 Å². The van der Waals surface area contributed by atoms with E-state index in [1.165, 1.54) is 4.90 Å². The van der Waals surface area contributed by atoms with Crippen molar-refractivity contribution >= 4 is 5.69 Å². The molecule has 0 bridgehead atoms. The fourth-order valence-corrected chi connectivity index (χ4v) is 1.47. The van der Waals surface area contributed by atoms with Crippen molar-refractivity contribution in [1.29, 1.82) is 0 Å². The maximum Gasteiger partial charge on any atom is 0.290 e. The van der Waals surface area contributed by atoms with Crippen molar-refractivity contribution in [3.63, 3.8) is 0 Å². The molecule has 2 heterocycles. The zero-order valence-corrected chi connectivity index (χ0v) is 7.80. The van der Waals surface area contributed by atoms with E-state index in [0.29, 0.717) is 26.3 Å². The molecule has 1 aromatic rings. The number of H-pyrrole nitrogens is 1. The second-order valence-electron chi connectivity index (χ2n) is 3.11. The van der Waals surface area contributed by atoms with E-state index in [2.05, 4.69) is 5.10 Å². The molecular weight excluding hydrogens is 208 g/mol. The predicted molar refractivity (Wildman–Crippen MR) is 47.8 cm³/mol. The average Bonchev–Trinajstić information content (AvgIpc) is 2.26. The summed E-state index contributed by atoms with van der Waals surface area (Å²) in [6, 6.07) is 0. The van der Waals surface area contributed by atoms with Gasteiger partial charge in [0.05, 0.1) is 13.2 Å². The first-order valence-corrected chi connectivity index (χ1v) is 4.46. The van der Waals surface area contributed by atoms with Crippen molar-refractivity contribution in [1.82, 2.24) is 10.2 Å². The van der Waals surface area contributed by atoms with Gasteiger partial charge in [0.1, 0.15) is 5.69 Å². The van der Waals surface area contributed by atoms with Gasteiger partial charge in [-0.2, -0.15) is 8.78 Å². The number of aromatic nitrogens is 2. The van der Waals surface area contributed by atoms with Crippen molar-refractivity contribution in [3.8, 4) is 0 Å². The summed E-state index contributed by atoms with van der Waals surface area (Å²) >= 11 is 0. The predicted octanol–water partition coefficient (Wildman–Crippen LogP) is -0.115. The number of rotatable bonds is 1. The van der Waals surface area contributed by atoms with Crippen LogP contribution in [-0.4, -0.2) is 36.5 Å². The SMILES string of the molecule is O=c1[nH]nc(F)c(F)c1N1CCOCC1. The van der Waals surface area contributed by atoms with Crippen LogP contribution < -0.4 is 10.5 Å². The molecular formula is C8H9F2N3O2. The maximum atomic E-state index is 13.3. The topological polar surface area (TPSA) is 58.2 Å². The third kappa shape index (κ3) is 1.82. The van der Waals surface area contributed by atoms with Gasteiger partial charge in [0.15, 0.2) is 0 Å².